The van der Waals surface area contributed by atoms with E-state index >= 15 is 0 Å². The molecule has 0 saturated heterocycles. The van der Waals surface area contributed by atoms with Gasteiger partial charge in [-0.3, -0.25) is 14.4 Å². The average molecular weight is 430 g/mol. The summed E-state index contributed by atoms with van der Waals surface area (Å²) in [6, 6.07) is 2.49. The number of rotatable bonds is 1. The van der Waals surface area contributed by atoms with E-state index in [1.165, 1.54) is 13.2 Å². The molecule has 164 valence electrons. The van der Waals surface area contributed by atoms with E-state index in [9.17, 15) is 37.5 Å². The van der Waals surface area contributed by atoms with E-state index < -0.39 is 60.1 Å². The molecule has 0 amide bonds. The van der Waals surface area contributed by atoms with Gasteiger partial charge in [-0.2, -0.15) is 13.2 Å². The number of alkyl halides is 3. The molecular weight excluding hydrogens is 409 g/mol. The minimum atomic E-state index is -4.82. The summed E-state index contributed by atoms with van der Waals surface area (Å²) in [4.78, 5) is 48.3. The Morgan fingerprint density at radius 2 is 1.70 bits per heavy atom. The van der Waals surface area contributed by atoms with Gasteiger partial charge >= 0.3 is 12.1 Å². The number of phenolic OH excluding ortho intramolecular Hbond substituents is 1. The van der Waals surface area contributed by atoms with Crippen LogP contribution in [0.5, 0.6) is 11.5 Å². The predicted octanol–water partition coefficient (Wildman–Crippen LogP) is 2.95. The standard InChI is InChI=1S/C20H21F3O7/c1-10-13(20(21,22)23)6-7-15(25)18(27)14(24)5-3-4-11-8-12(29-2)9-16(26)17(11)19(28)30-10/h8-10,13,26H,3-7H2,1-2H3. The zero-order chi connectivity index (χ0) is 22.6. The molecule has 1 aromatic rings. The molecule has 1 aliphatic heterocycles. The van der Waals surface area contributed by atoms with Gasteiger partial charge in [0.1, 0.15) is 23.2 Å². The number of hydrogen-bond acceptors (Lipinski definition) is 7. The number of esters is 1. The number of cyclic esters (lactones) is 1. The van der Waals surface area contributed by atoms with Gasteiger partial charge < -0.3 is 14.6 Å². The summed E-state index contributed by atoms with van der Waals surface area (Å²) in [6.07, 6.45) is -8.41. The lowest BCUT2D eigenvalue weighted by molar-refractivity contribution is -0.199. The highest BCUT2D eigenvalue weighted by Gasteiger charge is 2.45. The van der Waals surface area contributed by atoms with Crippen LogP contribution in [0, 0.1) is 5.92 Å². The number of halogens is 3. The molecule has 0 saturated carbocycles. The van der Waals surface area contributed by atoms with Gasteiger partial charge in [-0.05, 0) is 37.8 Å². The lowest BCUT2D eigenvalue weighted by Gasteiger charge is -2.26. The number of methoxy groups -OCH3 is 1. The number of fused-ring (bicyclic) bond motifs is 1. The predicted molar refractivity (Wildman–Crippen MR) is 96.3 cm³/mol. The van der Waals surface area contributed by atoms with Crippen molar-refractivity contribution in [2.45, 2.75) is 51.3 Å². The zero-order valence-corrected chi connectivity index (χ0v) is 16.4. The van der Waals surface area contributed by atoms with E-state index in [1.54, 1.807) is 0 Å². The van der Waals surface area contributed by atoms with Gasteiger partial charge in [0, 0.05) is 18.9 Å². The van der Waals surface area contributed by atoms with Crippen LogP contribution in [0.15, 0.2) is 12.1 Å². The van der Waals surface area contributed by atoms with Gasteiger partial charge in [0.05, 0.1) is 13.0 Å². The summed E-state index contributed by atoms with van der Waals surface area (Å²) in [5.41, 5.74) is -0.160. The van der Waals surface area contributed by atoms with E-state index in [4.69, 9.17) is 9.47 Å². The molecule has 10 heteroatoms. The molecule has 0 spiro atoms. The highest BCUT2D eigenvalue weighted by atomic mass is 19.4. The highest BCUT2D eigenvalue weighted by Crippen LogP contribution is 2.36. The first-order valence-electron chi connectivity index (χ1n) is 9.23. The van der Waals surface area contributed by atoms with E-state index in [0.29, 0.717) is 0 Å². The van der Waals surface area contributed by atoms with Crippen LogP contribution < -0.4 is 4.74 Å². The molecule has 1 aromatic carbocycles. The number of aromatic hydroxyl groups is 1. The number of hydrogen-bond donors (Lipinski definition) is 1. The number of phenols is 1. The first kappa shape index (κ1) is 23.4. The molecule has 0 aliphatic carbocycles. The van der Waals surface area contributed by atoms with Crippen molar-refractivity contribution in [3.8, 4) is 11.5 Å². The Morgan fingerprint density at radius 3 is 2.30 bits per heavy atom. The van der Waals surface area contributed by atoms with Crippen LogP contribution in [-0.4, -0.2) is 47.8 Å². The molecule has 1 heterocycles. The third-order valence-electron chi connectivity index (χ3n) is 4.93. The zero-order valence-electron chi connectivity index (χ0n) is 16.4. The van der Waals surface area contributed by atoms with Crippen LogP contribution in [0.1, 0.15) is 48.5 Å². The Balaban J connectivity index is 2.48. The molecule has 2 unspecified atom stereocenters. The second-order valence-electron chi connectivity index (χ2n) is 7.01. The number of Topliss-reactive ketones (excluding diaryl/α,β-unsaturated/α-hetero) is 3. The summed E-state index contributed by atoms with van der Waals surface area (Å²) in [5.74, 6) is -7.33. The first-order valence-corrected chi connectivity index (χ1v) is 9.23. The van der Waals surface area contributed by atoms with Crippen LogP contribution >= 0.6 is 0 Å². The molecule has 1 aliphatic rings. The van der Waals surface area contributed by atoms with Gasteiger partial charge in [0.25, 0.3) is 5.78 Å². The minimum absolute atomic E-state index is 0.0134. The molecular formula is C20H21F3O7. The Bertz CT molecular complexity index is 861. The largest absolute Gasteiger partial charge is 0.507 e. The normalized spacial score (nSPS) is 22.2. The Morgan fingerprint density at radius 1 is 1.07 bits per heavy atom. The summed E-state index contributed by atoms with van der Waals surface area (Å²) in [6.45, 7) is 1.01. The van der Waals surface area contributed by atoms with Crippen molar-refractivity contribution >= 4 is 23.3 Å². The van der Waals surface area contributed by atoms with Crippen molar-refractivity contribution < 1.29 is 46.9 Å². The van der Waals surface area contributed by atoms with Gasteiger partial charge in [0.2, 0.25) is 11.6 Å². The molecule has 7 nitrogen and oxygen atoms in total. The van der Waals surface area contributed by atoms with Gasteiger partial charge in [0.15, 0.2) is 0 Å². The fourth-order valence-corrected chi connectivity index (χ4v) is 3.29. The second kappa shape index (κ2) is 9.27. The molecule has 1 N–H and O–H groups in total. The maximum atomic E-state index is 13.4. The summed E-state index contributed by atoms with van der Waals surface area (Å²) < 4.78 is 50.3. The Labute approximate surface area is 170 Å². The first-order chi connectivity index (χ1) is 14.0. The van der Waals surface area contributed by atoms with E-state index in [1.807, 2.05) is 0 Å². The average Bonchev–Trinajstić information content (AvgIpc) is 2.64. The number of carbonyl (C=O) groups excluding carboxylic acids is 4. The summed E-state index contributed by atoms with van der Waals surface area (Å²) in [7, 11) is 1.31. The quantitative estimate of drug-likeness (QED) is 0.539. The van der Waals surface area contributed by atoms with E-state index in [-0.39, 0.29) is 36.1 Å². The van der Waals surface area contributed by atoms with Crippen LogP contribution in [0.3, 0.4) is 0 Å². The van der Waals surface area contributed by atoms with E-state index in [0.717, 1.165) is 13.0 Å². The van der Waals surface area contributed by atoms with Crippen LogP contribution in [-0.2, 0) is 25.5 Å². The molecule has 0 bridgehead atoms. The fourth-order valence-electron chi connectivity index (χ4n) is 3.29. The maximum Gasteiger partial charge on any atom is 0.395 e. The number of benzene rings is 1. The monoisotopic (exact) mass is 430 g/mol. The van der Waals surface area contributed by atoms with Crippen molar-refractivity contribution in [3.05, 3.63) is 23.3 Å². The van der Waals surface area contributed by atoms with Crippen molar-refractivity contribution in [1.29, 1.82) is 0 Å². The molecule has 0 aromatic heterocycles. The highest BCUT2D eigenvalue weighted by molar-refractivity contribution is 6.63. The van der Waals surface area contributed by atoms with Gasteiger partial charge in [-0.25, -0.2) is 4.79 Å². The van der Waals surface area contributed by atoms with Gasteiger partial charge in [-0.15, -0.1) is 0 Å². The van der Waals surface area contributed by atoms with Gasteiger partial charge in [-0.1, -0.05) is 0 Å². The molecule has 0 radical (unpaired) electrons. The smallest absolute Gasteiger partial charge is 0.395 e. The number of carbonyl (C=O) groups is 4. The minimum Gasteiger partial charge on any atom is -0.507 e. The van der Waals surface area contributed by atoms with Crippen molar-refractivity contribution in [3.63, 3.8) is 0 Å². The van der Waals surface area contributed by atoms with Crippen molar-refractivity contribution in [1.82, 2.24) is 0 Å². The topological polar surface area (TPSA) is 107 Å². The molecule has 30 heavy (non-hydrogen) atoms. The third kappa shape index (κ3) is 5.37. The van der Waals surface area contributed by atoms with E-state index in [2.05, 4.69) is 0 Å². The lowest BCUT2D eigenvalue weighted by atomic mass is 9.92. The fraction of sp³-hybridized carbons (Fsp3) is 0.500. The second-order valence-corrected chi connectivity index (χ2v) is 7.01. The lowest BCUT2D eigenvalue weighted by Crippen LogP contribution is -2.37. The van der Waals surface area contributed by atoms with Crippen LogP contribution in [0.2, 0.25) is 0 Å². The van der Waals surface area contributed by atoms with Crippen molar-refractivity contribution in [2.24, 2.45) is 5.92 Å². The number of aryl methyl sites for hydroxylation is 1. The van der Waals surface area contributed by atoms with Crippen LogP contribution in [0.25, 0.3) is 0 Å². The SMILES string of the molecule is COc1cc(O)c2c(c1)CCCC(=O)C(=O)C(=O)CCC(C(F)(F)F)C(C)OC2=O. The van der Waals surface area contributed by atoms with Crippen molar-refractivity contribution in [2.75, 3.05) is 7.11 Å². The summed E-state index contributed by atoms with van der Waals surface area (Å²) >= 11 is 0. The molecule has 0 fully saturated rings. The molecule has 2 rings (SSSR count). The third-order valence-corrected chi connectivity index (χ3v) is 4.93. The molecule has 2 atom stereocenters. The summed E-state index contributed by atoms with van der Waals surface area (Å²) in [5, 5.41) is 10.2. The number of ketones is 3. The van der Waals surface area contributed by atoms with Crippen LogP contribution in [0.4, 0.5) is 13.2 Å². The Kier molecular flexibility index (Phi) is 7.22. The maximum absolute atomic E-state index is 13.4. The number of ether oxygens (including phenoxy) is 2. The Hall–Kier alpha value is -2.91.